The predicted molar refractivity (Wildman–Crippen MR) is 99.8 cm³/mol. The molecule has 0 aliphatic carbocycles. The lowest BCUT2D eigenvalue weighted by Crippen LogP contribution is -2.22. The molecule has 0 aliphatic rings. The minimum atomic E-state index is -0.436. The number of fused-ring (bicyclic) bond motifs is 1. The van der Waals surface area contributed by atoms with Gasteiger partial charge in [0.2, 0.25) is 0 Å². The molecule has 0 fully saturated rings. The van der Waals surface area contributed by atoms with Crippen molar-refractivity contribution in [3.05, 3.63) is 54.4 Å². The standard InChI is InChI=1S/C19H18N4O4/c1-13(24)27-17-8-7-14(9-18(17)26-2)10-21-22-19(25)11-23-12-20-15-5-3-4-6-16(15)23/h3-10,12H,11H2,1-2H3,(H,22,25)/b21-10+. The SMILES string of the molecule is COc1cc(/C=N/NC(=O)Cn2cnc3ccccc32)ccc1OC(C)=O. The van der Waals surface area contributed by atoms with E-state index in [-0.39, 0.29) is 12.5 Å². The maximum atomic E-state index is 12.1. The predicted octanol–water partition coefficient (Wildman–Crippen LogP) is 2.12. The first-order valence-corrected chi connectivity index (χ1v) is 8.15. The van der Waals surface area contributed by atoms with Crippen LogP contribution in [0.4, 0.5) is 0 Å². The average Bonchev–Trinajstić information content (AvgIpc) is 3.05. The molecular formula is C19H18N4O4. The van der Waals surface area contributed by atoms with Gasteiger partial charge in [-0.15, -0.1) is 0 Å². The van der Waals surface area contributed by atoms with Crippen LogP contribution in [-0.4, -0.2) is 34.8 Å². The lowest BCUT2D eigenvalue weighted by atomic mass is 10.2. The zero-order valence-electron chi connectivity index (χ0n) is 14.9. The summed E-state index contributed by atoms with van der Waals surface area (Å²) in [5.41, 5.74) is 4.86. The van der Waals surface area contributed by atoms with E-state index >= 15 is 0 Å². The van der Waals surface area contributed by atoms with E-state index < -0.39 is 5.97 Å². The number of esters is 1. The first-order chi connectivity index (χ1) is 13.1. The number of aromatic nitrogens is 2. The zero-order valence-corrected chi connectivity index (χ0v) is 14.9. The van der Waals surface area contributed by atoms with Crippen molar-refractivity contribution in [1.29, 1.82) is 0 Å². The van der Waals surface area contributed by atoms with Crippen LogP contribution in [0.15, 0.2) is 53.9 Å². The number of carbonyl (C=O) groups excluding carboxylic acids is 2. The third-order valence-electron chi connectivity index (χ3n) is 3.69. The number of ether oxygens (including phenoxy) is 2. The first-order valence-electron chi connectivity index (χ1n) is 8.15. The van der Waals surface area contributed by atoms with Crippen molar-refractivity contribution in [2.75, 3.05) is 7.11 Å². The Morgan fingerprint density at radius 2 is 2.04 bits per heavy atom. The highest BCUT2D eigenvalue weighted by molar-refractivity contribution is 5.84. The number of rotatable bonds is 6. The van der Waals surface area contributed by atoms with Gasteiger partial charge >= 0.3 is 5.97 Å². The summed E-state index contributed by atoms with van der Waals surface area (Å²) in [6, 6.07) is 12.5. The van der Waals surface area contributed by atoms with Gasteiger partial charge in [0.05, 0.1) is 30.7 Å². The van der Waals surface area contributed by atoms with Crippen LogP contribution in [0.1, 0.15) is 12.5 Å². The molecule has 1 N–H and O–H groups in total. The summed E-state index contributed by atoms with van der Waals surface area (Å²) in [6.07, 6.45) is 3.09. The molecule has 0 bridgehead atoms. The number of benzene rings is 2. The van der Waals surface area contributed by atoms with Gasteiger partial charge in [-0.25, -0.2) is 10.4 Å². The molecule has 0 radical (unpaired) electrons. The van der Waals surface area contributed by atoms with Crippen LogP contribution in [0.2, 0.25) is 0 Å². The average molecular weight is 366 g/mol. The monoisotopic (exact) mass is 366 g/mol. The van der Waals surface area contributed by atoms with E-state index in [9.17, 15) is 9.59 Å². The smallest absolute Gasteiger partial charge is 0.308 e. The maximum absolute atomic E-state index is 12.1. The van der Waals surface area contributed by atoms with Crippen LogP contribution in [0.25, 0.3) is 11.0 Å². The number of nitrogens with zero attached hydrogens (tertiary/aromatic N) is 3. The number of hydrazone groups is 1. The molecule has 2 aromatic carbocycles. The Bertz CT molecular complexity index is 1010. The number of carbonyl (C=O) groups is 2. The maximum Gasteiger partial charge on any atom is 0.308 e. The summed E-state index contributed by atoms with van der Waals surface area (Å²) < 4.78 is 12.0. The summed E-state index contributed by atoms with van der Waals surface area (Å²) in [5.74, 6) is -0.00422. The number of imidazole rings is 1. The van der Waals surface area contributed by atoms with Crippen molar-refractivity contribution in [1.82, 2.24) is 15.0 Å². The molecule has 0 aliphatic heterocycles. The van der Waals surface area contributed by atoms with Crippen LogP contribution in [0, 0.1) is 0 Å². The molecule has 1 heterocycles. The van der Waals surface area contributed by atoms with Crippen LogP contribution in [0.3, 0.4) is 0 Å². The van der Waals surface area contributed by atoms with Gasteiger partial charge in [-0.05, 0) is 35.9 Å². The normalized spacial score (nSPS) is 10.9. The number of hydrogen-bond acceptors (Lipinski definition) is 6. The fraction of sp³-hybridized carbons (Fsp3) is 0.158. The van der Waals surface area contributed by atoms with Gasteiger partial charge in [0.15, 0.2) is 11.5 Å². The van der Waals surface area contributed by atoms with Gasteiger partial charge in [0.1, 0.15) is 6.54 Å². The summed E-state index contributed by atoms with van der Waals surface area (Å²) >= 11 is 0. The second kappa shape index (κ2) is 8.13. The molecular weight excluding hydrogens is 348 g/mol. The van der Waals surface area contributed by atoms with Crippen molar-refractivity contribution < 1.29 is 19.1 Å². The molecule has 0 spiro atoms. The second-order valence-electron chi connectivity index (χ2n) is 5.66. The number of hydrogen-bond donors (Lipinski definition) is 1. The summed E-state index contributed by atoms with van der Waals surface area (Å²) in [4.78, 5) is 27.4. The molecule has 8 nitrogen and oxygen atoms in total. The van der Waals surface area contributed by atoms with E-state index in [1.165, 1.54) is 20.2 Å². The Morgan fingerprint density at radius 1 is 1.22 bits per heavy atom. The molecule has 1 amide bonds. The van der Waals surface area contributed by atoms with E-state index in [0.717, 1.165) is 11.0 Å². The Hall–Kier alpha value is -3.68. The number of para-hydroxylation sites is 2. The van der Waals surface area contributed by atoms with Gasteiger partial charge < -0.3 is 14.0 Å². The largest absolute Gasteiger partial charge is 0.493 e. The molecule has 1 aromatic heterocycles. The van der Waals surface area contributed by atoms with Crippen LogP contribution < -0.4 is 14.9 Å². The van der Waals surface area contributed by atoms with E-state index in [1.807, 2.05) is 24.3 Å². The lowest BCUT2D eigenvalue weighted by molar-refractivity contribution is -0.132. The van der Waals surface area contributed by atoms with Crippen molar-refractivity contribution in [3.8, 4) is 11.5 Å². The first kappa shape index (κ1) is 18.1. The van der Waals surface area contributed by atoms with E-state index in [4.69, 9.17) is 9.47 Å². The molecule has 0 saturated heterocycles. The summed E-state index contributed by atoms with van der Waals surface area (Å²) in [7, 11) is 1.47. The molecule has 3 rings (SSSR count). The van der Waals surface area contributed by atoms with Crippen LogP contribution in [-0.2, 0) is 16.1 Å². The Morgan fingerprint density at radius 3 is 2.81 bits per heavy atom. The lowest BCUT2D eigenvalue weighted by Gasteiger charge is -2.08. The van der Waals surface area contributed by atoms with Gasteiger partial charge in [-0.3, -0.25) is 9.59 Å². The molecule has 0 unspecified atom stereocenters. The van der Waals surface area contributed by atoms with Crippen molar-refractivity contribution in [2.45, 2.75) is 13.5 Å². The van der Waals surface area contributed by atoms with E-state index in [0.29, 0.717) is 17.1 Å². The van der Waals surface area contributed by atoms with Crippen molar-refractivity contribution in [3.63, 3.8) is 0 Å². The quantitative estimate of drug-likeness (QED) is 0.312. The van der Waals surface area contributed by atoms with Crippen molar-refractivity contribution >= 4 is 29.1 Å². The van der Waals surface area contributed by atoms with Gasteiger partial charge in [-0.1, -0.05) is 12.1 Å². The number of nitrogens with one attached hydrogen (secondary N) is 1. The topological polar surface area (TPSA) is 94.8 Å². The fourth-order valence-electron chi connectivity index (χ4n) is 2.51. The second-order valence-corrected chi connectivity index (χ2v) is 5.66. The highest BCUT2D eigenvalue weighted by Gasteiger charge is 2.08. The summed E-state index contributed by atoms with van der Waals surface area (Å²) in [5, 5.41) is 3.95. The van der Waals surface area contributed by atoms with E-state index in [1.54, 1.807) is 29.1 Å². The third-order valence-corrected chi connectivity index (χ3v) is 3.69. The summed E-state index contributed by atoms with van der Waals surface area (Å²) in [6.45, 7) is 1.42. The molecule has 0 atom stereocenters. The minimum Gasteiger partial charge on any atom is -0.493 e. The zero-order chi connectivity index (χ0) is 19.2. The van der Waals surface area contributed by atoms with E-state index in [2.05, 4.69) is 15.5 Å². The van der Waals surface area contributed by atoms with Gasteiger partial charge in [0, 0.05) is 6.92 Å². The molecule has 3 aromatic rings. The Labute approximate surface area is 155 Å². The van der Waals surface area contributed by atoms with Gasteiger partial charge in [0.25, 0.3) is 5.91 Å². The molecule has 27 heavy (non-hydrogen) atoms. The van der Waals surface area contributed by atoms with Crippen LogP contribution >= 0.6 is 0 Å². The minimum absolute atomic E-state index is 0.104. The third kappa shape index (κ3) is 4.49. The van der Waals surface area contributed by atoms with Gasteiger partial charge in [-0.2, -0.15) is 5.10 Å². The Balaban J connectivity index is 1.63. The highest BCUT2D eigenvalue weighted by atomic mass is 16.6. The molecule has 138 valence electrons. The Kier molecular flexibility index (Phi) is 5.46. The number of amides is 1. The van der Waals surface area contributed by atoms with Crippen molar-refractivity contribution in [2.24, 2.45) is 5.10 Å². The molecule has 0 saturated carbocycles. The number of methoxy groups -OCH3 is 1. The fourth-order valence-corrected chi connectivity index (χ4v) is 2.51. The highest BCUT2D eigenvalue weighted by Crippen LogP contribution is 2.27. The van der Waals surface area contributed by atoms with Crippen LogP contribution in [0.5, 0.6) is 11.5 Å². The molecule has 8 heteroatoms.